The van der Waals surface area contributed by atoms with Crippen LogP contribution in [0.4, 0.5) is 0 Å². The Balaban J connectivity index is 2.70. The standard InChI is InChI=1S/C11H16ClN3O3S/c1-11(2,3)8-7(19-15-14-8)9(16)13-5-6(12)10(17)18-4/h6H,5H2,1-4H3,(H,13,16). The SMILES string of the molecule is COC(=O)C(Cl)CNC(=O)c1snnc1C(C)(C)C. The number of alkyl halides is 1. The van der Waals surface area contributed by atoms with Crippen LogP contribution >= 0.6 is 23.1 Å². The molecule has 1 amide bonds. The maximum Gasteiger partial charge on any atom is 0.325 e. The van der Waals surface area contributed by atoms with Gasteiger partial charge in [0.1, 0.15) is 10.3 Å². The van der Waals surface area contributed by atoms with E-state index in [1.165, 1.54) is 7.11 Å². The summed E-state index contributed by atoms with van der Waals surface area (Å²) < 4.78 is 8.26. The Morgan fingerprint density at radius 3 is 2.63 bits per heavy atom. The number of carbonyl (C=O) groups is 2. The first kappa shape index (κ1) is 15.8. The summed E-state index contributed by atoms with van der Waals surface area (Å²) in [6.07, 6.45) is 0. The van der Waals surface area contributed by atoms with Crippen molar-refractivity contribution in [1.29, 1.82) is 0 Å². The highest BCUT2D eigenvalue weighted by atomic mass is 35.5. The highest BCUT2D eigenvalue weighted by Crippen LogP contribution is 2.25. The predicted octanol–water partition coefficient (Wildman–Crippen LogP) is 1.35. The summed E-state index contributed by atoms with van der Waals surface area (Å²) in [5.41, 5.74) is 0.349. The molecule has 8 heteroatoms. The molecule has 0 saturated carbocycles. The number of halogens is 1. The molecule has 1 N–H and O–H groups in total. The molecule has 0 spiro atoms. The number of nitrogens with zero attached hydrogens (tertiary/aromatic N) is 2. The van der Waals surface area contributed by atoms with Crippen LogP contribution in [0.2, 0.25) is 0 Å². The van der Waals surface area contributed by atoms with E-state index in [4.69, 9.17) is 11.6 Å². The summed E-state index contributed by atoms with van der Waals surface area (Å²) in [5.74, 6) is -0.921. The summed E-state index contributed by atoms with van der Waals surface area (Å²) in [7, 11) is 1.24. The summed E-state index contributed by atoms with van der Waals surface area (Å²) in [6.45, 7) is 5.83. The second-order valence-electron chi connectivity index (χ2n) is 4.90. The molecule has 1 heterocycles. The molecule has 0 fully saturated rings. The third kappa shape index (κ3) is 4.14. The van der Waals surface area contributed by atoms with Gasteiger partial charge in [0, 0.05) is 12.0 Å². The lowest BCUT2D eigenvalue weighted by atomic mass is 9.91. The number of hydrogen-bond acceptors (Lipinski definition) is 6. The van der Waals surface area contributed by atoms with Crippen molar-refractivity contribution in [2.24, 2.45) is 0 Å². The average Bonchev–Trinajstić information content (AvgIpc) is 2.83. The molecule has 1 aromatic rings. The number of amides is 1. The number of hydrogen-bond donors (Lipinski definition) is 1. The van der Waals surface area contributed by atoms with Crippen molar-refractivity contribution in [2.45, 2.75) is 31.6 Å². The smallest absolute Gasteiger partial charge is 0.325 e. The third-order valence-electron chi connectivity index (χ3n) is 2.30. The summed E-state index contributed by atoms with van der Waals surface area (Å²) in [4.78, 5) is 23.5. The van der Waals surface area contributed by atoms with Crippen LogP contribution in [0.25, 0.3) is 0 Å². The van der Waals surface area contributed by atoms with Gasteiger partial charge in [0.25, 0.3) is 5.91 Å². The van der Waals surface area contributed by atoms with E-state index >= 15 is 0 Å². The van der Waals surface area contributed by atoms with Crippen LogP contribution in [0.5, 0.6) is 0 Å². The quantitative estimate of drug-likeness (QED) is 0.671. The molecule has 0 radical (unpaired) electrons. The van der Waals surface area contributed by atoms with E-state index in [0.717, 1.165) is 11.5 Å². The number of ether oxygens (including phenoxy) is 1. The summed E-state index contributed by atoms with van der Waals surface area (Å²) >= 11 is 6.77. The van der Waals surface area contributed by atoms with E-state index in [1.54, 1.807) is 0 Å². The summed E-state index contributed by atoms with van der Waals surface area (Å²) in [6, 6.07) is 0. The molecule has 1 rings (SSSR count). The van der Waals surface area contributed by atoms with Gasteiger partial charge in [0.2, 0.25) is 0 Å². The molecular weight excluding hydrogens is 290 g/mol. The van der Waals surface area contributed by atoms with Crippen molar-refractivity contribution < 1.29 is 14.3 Å². The minimum absolute atomic E-state index is 0.00541. The lowest BCUT2D eigenvalue weighted by Crippen LogP contribution is -2.34. The van der Waals surface area contributed by atoms with Crippen molar-refractivity contribution in [3.63, 3.8) is 0 Å². The molecule has 0 aliphatic carbocycles. The summed E-state index contributed by atoms with van der Waals surface area (Å²) in [5, 5.41) is 5.63. The molecule has 106 valence electrons. The number of rotatable bonds is 4. The molecule has 0 aliphatic rings. The third-order valence-corrected chi connectivity index (χ3v) is 3.36. The maximum atomic E-state index is 12.0. The van der Waals surface area contributed by atoms with Crippen molar-refractivity contribution >= 4 is 35.0 Å². The lowest BCUT2D eigenvalue weighted by Gasteiger charge is -2.16. The zero-order valence-electron chi connectivity index (χ0n) is 11.2. The largest absolute Gasteiger partial charge is 0.468 e. The second kappa shape index (κ2) is 6.29. The molecule has 19 heavy (non-hydrogen) atoms. The fourth-order valence-corrected chi connectivity index (χ4v) is 2.26. The molecule has 1 unspecified atom stereocenters. The zero-order valence-corrected chi connectivity index (χ0v) is 12.8. The Bertz CT molecular complexity index is 470. The minimum atomic E-state index is -0.909. The van der Waals surface area contributed by atoms with E-state index in [9.17, 15) is 9.59 Å². The van der Waals surface area contributed by atoms with E-state index in [0.29, 0.717) is 10.6 Å². The van der Waals surface area contributed by atoms with Gasteiger partial charge in [-0.25, -0.2) is 0 Å². The number of carbonyl (C=O) groups excluding carboxylic acids is 2. The van der Waals surface area contributed by atoms with E-state index < -0.39 is 11.3 Å². The second-order valence-corrected chi connectivity index (χ2v) is 6.18. The van der Waals surface area contributed by atoms with Crippen LogP contribution in [-0.2, 0) is 14.9 Å². The Morgan fingerprint density at radius 2 is 2.11 bits per heavy atom. The van der Waals surface area contributed by atoms with Crippen LogP contribution in [0, 0.1) is 0 Å². The number of esters is 1. The van der Waals surface area contributed by atoms with E-state index in [-0.39, 0.29) is 17.9 Å². The van der Waals surface area contributed by atoms with Gasteiger partial charge >= 0.3 is 5.97 Å². The van der Waals surface area contributed by atoms with Crippen molar-refractivity contribution in [3.8, 4) is 0 Å². The molecular formula is C11H16ClN3O3S. The Morgan fingerprint density at radius 1 is 1.47 bits per heavy atom. The fraction of sp³-hybridized carbons (Fsp3) is 0.636. The van der Waals surface area contributed by atoms with E-state index in [2.05, 4.69) is 19.6 Å². The average molecular weight is 306 g/mol. The normalized spacial score (nSPS) is 12.9. The highest BCUT2D eigenvalue weighted by molar-refractivity contribution is 7.08. The molecule has 0 aliphatic heterocycles. The number of aromatic nitrogens is 2. The van der Waals surface area contributed by atoms with Crippen molar-refractivity contribution in [1.82, 2.24) is 14.9 Å². The molecule has 0 bridgehead atoms. The number of methoxy groups -OCH3 is 1. The Labute approximate surface area is 120 Å². The minimum Gasteiger partial charge on any atom is -0.468 e. The van der Waals surface area contributed by atoms with Crippen LogP contribution in [0.3, 0.4) is 0 Å². The lowest BCUT2D eigenvalue weighted by molar-refractivity contribution is -0.140. The van der Waals surface area contributed by atoms with Gasteiger partial charge in [-0.2, -0.15) is 0 Å². The first-order valence-electron chi connectivity index (χ1n) is 5.60. The topological polar surface area (TPSA) is 81.2 Å². The first-order valence-corrected chi connectivity index (χ1v) is 6.81. The van der Waals surface area contributed by atoms with Gasteiger partial charge in [-0.15, -0.1) is 16.7 Å². The molecule has 0 saturated heterocycles. The molecule has 6 nitrogen and oxygen atoms in total. The van der Waals surface area contributed by atoms with Crippen LogP contribution in [-0.4, -0.2) is 40.5 Å². The molecule has 1 atom stereocenters. The maximum absolute atomic E-state index is 12.0. The van der Waals surface area contributed by atoms with Gasteiger partial charge in [0.15, 0.2) is 0 Å². The van der Waals surface area contributed by atoms with Crippen LogP contribution < -0.4 is 5.32 Å². The van der Waals surface area contributed by atoms with Crippen molar-refractivity contribution in [3.05, 3.63) is 10.6 Å². The predicted molar refractivity (Wildman–Crippen MR) is 72.6 cm³/mol. The molecule has 0 aromatic carbocycles. The first-order chi connectivity index (χ1) is 8.77. The zero-order chi connectivity index (χ0) is 14.6. The van der Waals surface area contributed by atoms with E-state index in [1.807, 2.05) is 20.8 Å². The number of nitrogens with one attached hydrogen (secondary N) is 1. The van der Waals surface area contributed by atoms with Crippen LogP contribution in [0.1, 0.15) is 36.1 Å². The van der Waals surface area contributed by atoms with Gasteiger partial charge in [-0.05, 0) is 11.5 Å². The van der Waals surface area contributed by atoms with Gasteiger partial charge in [0.05, 0.1) is 12.8 Å². The highest BCUT2D eigenvalue weighted by Gasteiger charge is 2.27. The monoisotopic (exact) mass is 305 g/mol. The van der Waals surface area contributed by atoms with Gasteiger partial charge in [-0.3, -0.25) is 9.59 Å². The van der Waals surface area contributed by atoms with Gasteiger partial charge < -0.3 is 10.1 Å². The van der Waals surface area contributed by atoms with Crippen LogP contribution in [0.15, 0.2) is 0 Å². The van der Waals surface area contributed by atoms with Gasteiger partial charge in [-0.1, -0.05) is 25.3 Å². The Kier molecular flexibility index (Phi) is 5.25. The Hall–Kier alpha value is -1.21. The molecule has 1 aromatic heterocycles. The fourth-order valence-electron chi connectivity index (χ4n) is 1.30. The van der Waals surface area contributed by atoms with Crippen molar-refractivity contribution in [2.75, 3.05) is 13.7 Å².